The fraction of sp³-hybridized carbons (Fsp3) is 0.250. The topological polar surface area (TPSA) is 24.1 Å². The molecule has 0 unspecified atom stereocenters. The van der Waals surface area contributed by atoms with Crippen LogP contribution in [0, 0.1) is 0 Å². The molecule has 4 heteroatoms. The third-order valence-electron chi connectivity index (χ3n) is 1.95. The third-order valence-corrected chi connectivity index (χ3v) is 2.61. The van der Waals surface area contributed by atoms with E-state index in [0.717, 1.165) is 16.2 Å². The lowest BCUT2D eigenvalue weighted by molar-refractivity contribution is 0.862. The maximum atomic E-state index is 6.02. The highest BCUT2D eigenvalue weighted by Gasteiger charge is 1.99. The van der Waals surface area contributed by atoms with Crippen LogP contribution in [-0.2, 0) is 6.54 Å². The van der Waals surface area contributed by atoms with Crippen molar-refractivity contribution in [2.75, 3.05) is 6.54 Å². The van der Waals surface area contributed by atoms with Gasteiger partial charge in [0.1, 0.15) is 0 Å². The largest absolute Gasteiger partial charge is 0.359 e. The summed E-state index contributed by atoms with van der Waals surface area (Å²) in [5.74, 6) is 0. The van der Waals surface area contributed by atoms with E-state index < -0.39 is 0 Å². The van der Waals surface area contributed by atoms with Crippen LogP contribution in [0.4, 0.5) is 0 Å². The first-order valence-corrected chi connectivity index (χ1v) is 5.77. The lowest BCUT2D eigenvalue weighted by Crippen LogP contribution is -2.35. The van der Waals surface area contributed by atoms with E-state index in [1.165, 1.54) is 0 Å². The van der Waals surface area contributed by atoms with Crippen LogP contribution in [0.5, 0.6) is 0 Å². The zero-order chi connectivity index (χ0) is 12.0. The van der Waals surface area contributed by atoms with Gasteiger partial charge in [-0.05, 0) is 30.8 Å². The summed E-state index contributed by atoms with van der Waals surface area (Å²) < 4.78 is 0. The minimum atomic E-state index is 0.614. The number of halogens is 1. The van der Waals surface area contributed by atoms with Crippen LogP contribution >= 0.6 is 23.8 Å². The normalized spacial score (nSPS) is 9.62. The van der Waals surface area contributed by atoms with Crippen molar-refractivity contribution in [2.45, 2.75) is 13.5 Å². The molecule has 0 amide bonds. The minimum absolute atomic E-state index is 0.614. The summed E-state index contributed by atoms with van der Waals surface area (Å²) >= 11 is 11.1. The summed E-state index contributed by atoms with van der Waals surface area (Å²) in [4.78, 5) is 0. The van der Waals surface area contributed by atoms with Gasteiger partial charge in [0.25, 0.3) is 0 Å². The highest BCUT2D eigenvalue weighted by molar-refractivity contribution is 7.80. The molecule has 0 aliphatic carbocycles. The summed E-state index contributed by atoms with van der Waals surface area (Å²) in [6.07, 6.45) is 0. The molecule has 16 heavy (non-hydrogen) atoms. The second-order valence-corrected chi connectivity index (χ2v) is 4.40. The number of hydrogen-bond donors (Lipinski definition) is 2. The quantitative estimate of drug-likeness (QED) is 0.638. The Hall–Kier alpha value is -1.06. The number of benzene rings is 1. The number of rotatable bonds is 4. The first-order chi connectivity index (χ1) is 7.59. The lowest BCUT2D eigenvalue weighted by atomic mass is 10.2. The van der Waals surface area contributed by atoms with Crippen molar-refractivity contribution >= 4 is 28.9 Å². The molecule has 0 atom stereocenters. The fourth-order valence-corrected chi connectivity index (χ4v) is 1.46. The molecule has 0 aliphatic rings. The Kier molecular flexibility index (Phi) is 5.29. The van der Waals surface area contributed by atoms with Crippen molar-refractivity contribution in [3.05, 3.63) is 47.0 Å². The molecule has 0 aromatic heterocycles. The SMILES string of the molecule is C=C(C)CNC(=S)NCc1ccccc1Cl. The summed E-state index contributed by atoms with van der Waals surface area (Å²) in [6.45, 7) is 7.05. The van der Waals surface area contributed by atoms with Crippen molar-refractivity contribution in [3.8, 4) is 0 Å². The standard InChI is InChI=1S/C12H15ClN2S/c1-9(2)7-14-12(16)15-8-10-5-3-4-6-11(10)13/h3-6H,1,7-8H2,2H3,(H2,14,15,16). The first kappa shape index (κ1) is 13.0. The molecule has 0 aliphatic heterocycles. The Morgan fingerprint density at radius 1 is 1.38 bits per heavy atom. The van der Waals surface area contributed by atoms with Crippen molar-refractivity contribution < 1.29 is 0 Å². The van der Waals surface area contributed by atoms with Crippen LogP contribution in [0.1, 0.15) is 12.5 Å². The molecule has 0 spiro atoms. The smallest absolute Gasteiger partial charge is 0.166 e. The summed E-state index contributed by atoms with van der Waals surface area (Å²) in [5, 5.41) is 7.50. The first-order valence-electron chi connectivity index (χ1n) is 4.99. The zero-order valence-electron chi connectivity index (χ0n) is 9.22. The van der Waals surface area contributed by atoms with Crippen LogP contribution < -0.4 is 10.6 Å². The van der Waals surface area contributed by atoms with E-state index in [0.29, 0.717) is 18.2 Å². The van der Waals surface area contributed by atoms with Gasteiger partial charge in [0.2, 0.25) is 0 Å². The van der Waals surface area contributed by atoms with Gasteiger partial charge in [0.15, 0.2) is 5.11 Å². The molecule has 0 heterocycles. The maximum absolute atomic E-state index is 6.02. The van der Waals surface area contributed by atoms with E-state index in [4.69, 9.17) is 23.8 Å². The average Bonchev–Trinajstić information content (AvgIpc) is 2.25. The van der Waals surface area contributed by atoms with Gasteiger partial charge in [-0.3, -0.25) is 0 Å². The zero-order valence-corrected chi connectivity index (χ0v) is 10.8. The molecule has 1 rings (SSSR count). The van der Waals surface area contributed by atoms with Crippen LogP contribution in [0.25, 0.3) is 0 Å². The van der Waals surface area contributed by atoms with Gasteiger partial charge in [-0.1, -0.05) is 42.0 Å². The van der Waals surface area contributed by atoms with Crippen LogP contribution in [0.15, 0.2) is 36.4 Å². The van der Waals surface area contributed by atoms with Gasteiger partial charge in [0, 0.05) is 18.1 Å². The Labute approximate surface area is 107 Å². The van der Waals surface area contributed by atoms with Gasteiger partial charge in [-0.25, -0.2) is 0 Å². The molecule has 86 valence electrons. The molecule has 0 radical (unpaired) electrons. The summed E-state index contributed by atoms with van der Waals surface area (Å²) in [6, 6.07) is 7.69. The van der Waals surface area contributed by atoms with Crippen molar-refractivity contribution in [3.63, 3.8) is 0 Å². The molecule has 0 fully saturated rings. The molecule has 2 nitrogen and oxygen atoms in total. The molecule has 0 bridgehead atoms. The minimum Gasteiger partial charge on any atom is -0.359 e. The molecule has 1 aromatic rings. The Morgan fingerprint density at radius 3 is 2.69 bits per heavy atom. The maximum Gasteiger partial charge on any atom is 0.166 e. The molecular weight excluding hydrogens is 240 g/mol. The van der Waals surface area contributed by atoms with Crippen molar-refractivity contribution in [2.24, 2.45) is 0 Å². The second kappa shape index (κ2) is 6.51. The van der Waals surface area contributed by atoms with Crippen molar-refractivity contribution in [1.29, 1.82) is 0 Å². The fourth-order valence-electron chi connectivity index (χ4n) is 1.11. The summed E-state index contributed by atoms with van der Waals surface area (Å²) in [5.41, 5.74) is 2.07. The van der Waals surface area contributed by atoms with E-state index in [2.05, 4.69) is 17.2 Å². The average molecular weight is 255 g/mol. The van der Waals surface area contributed by atoms with E-state index in [1.807, 2.05) is 31.2 Å². The highest BCUT2D eigenvalue weighted by Crippen LogP contribution is 2.13. The predicted molar refractivity (Wildman–Crippen MR) is 73.7 cm³/mol. The number of thiocarbonyl (C=S) groups is 1. The van der Waals surface area contributed by atoms with Gasteiger partial charge in [0.05, 0.1) is 0 Å². The second-order valence-electron chi connectivity index (χ2n) is 3.58. The van der Waals surface area contributed by atoms with Gasteiger partial charge < -0.3 is 10.6 Å². The van der Waals surface area contributed by atoms with Gasteiger partial charge in [-0.15, -0.1) is 0 Å². The van der Waals surface area contributed by atoms with E-state index in [1.54, 1.807) is 0 Å². The number of nitrogens with one attached hydrogen (secondary N) is 2. The van der Waals surface area contributed by atoms with E-state index in [9.17, 15) is 0 Å². The van der Waals surface area contributed by atoms with E-state index >= 15 is 0 Å². The predicted octanol–water partition coefficient (Wildman–Crippen LogP) is 2.88. The van der Waals surface area contributed by atoms with E-state index in [-0.39, 0.29) is 0 Å². The Bertz CT molecular complexity index is 390. The third kappa shape index (κ3) is 4.64. The van der Waals surface area contributed by atoms with Gasteiger partial charge >= 0.3 is 0 Å². The van der Waals surface area contributed by atoms with Crippen LogP contribution in [-0.4, -0.2) is 11.7 Å². The van der Waals surface area contributed by atoms with Crippen LogP contribution in [0.2, 0.25) is 5.02 Å². The monoisotopic (exact) mass is 254 g/mol. The molecule has 2 N–H and O–H groups in total. The molecular formula is C12H15ClN2S. The van der Waals surface area contributed by atoms with Gasteiger partial charge in [-0.2, -0.15) is 0 Å². The number of hydrogen-bond acceptors (Lipinski definition) is 1. The molecule has 1 aromatic carbocycles. The Morgan fingerprint density at radius 2 is 2.06 bits per heavy atom. The van der Waals surface area contributed by atoms with Crippen molar-refractivity contribution in [1.82, 2.24) is 10.6 Å². The molecule has 0 saturated heterocycles. The van der Waals surface area contributed by atoms with Crippen LogP contribution in [0.3, 0.4) is 0 Å². The highest BCUT2D eigenvalue weighted by atomic mass is 35.5. The Balaban J connectivity index is 2.37. The molecule has 0 saturated carbocycles. The summed E-state index contributed by atoms with van der Waals surface area (Å²) in [7, 11) is 0. The lowest BCUT2D eigenvalue weighted by Gasteiger charge is -2.11.